The molecule has 2 aromatic rings. The van der Waals surface area contributed by atoms with Gasteiger partial charge in [0.15, 0.2) is 8.32 Å². The van der Waals surface area contributed by atoms with Crippen LogP contribution >= 0.6 is 0 Å². The van der Waals surface area contributed by atoms with Gasteiger partial charge in [0, 0.05) is 24.7 Å². The van der Waals surface area contributed by atoms with E-state index in [4.69, 9.17) is 17.8 Å². The van der Waals surface area contributed by atoms with Crippen molar-refractivity contribution in [2.24, 2.45) is 0 Å². The highest BCUT2D eigenvalue weighted by atomic mass is 32.2. The first kappa shape index (κ1) is 39.6. The molecule has 2 rings (SSSR count). The molecule has 0 saturated carbocycles. The lowest BCUT2D eigenvalue weighted by molar-refractivity contribution is 0.0917. The van der Waals surface area contributed by atoms with Gasteiger partial charge in [-0.2, -0.15) is 16.8 Å². The van der Waals surface area contributed by atoms with Crippen molar-refractivity contribution in [3.63, 3.8) is 0 Å². The van der Waals surface area contributed by atoms with Crippen molar-refractivity contribution in [3.8, 4) is 5.75 Å². The lowest BCUT2D eigenvalue weighted by Gasteiger charge is -2.37. The van der Waals surface area contributed by atoms with Crippen molar-refractivity contribution in [2.75, 3.05) is 26.4 Å². The maximum atomic E-state index is 13.1. The molecule has 0 amide bonds. The van der Waals surface area contributed by atoms with E-state index in [-0.39, 0.29) is 45.6 Å². The van der Waals surface area contributed by atoms with E-state index in [9.17, 15) is 21.4 Å². The van der Waals surface area contributed by atoms with Crippen LogP contribution in [0.1, 0.15) is 70.6 Å². The third kappa shape index (κ3) is 10.7. The van der Waals surface area contributed by atoms with E-state index < -0.39 is 36.9 Å². The largest absolute Gasteiger partial charge is 0.543 e. The molecule has 9 nitrogen and oxygen atoms in total. The second-order valence-corrected chi connectivity index (χ2v) is 27.2. The topological polar surface area (TPSA) is 125 Å². The van der Waals surface area contributed by atoms with Crippen LogP contribution in [0.3, 0.4) is 0 Å². The van der Waals surface area contributed by atoms with E-state index in [0.717, 1.165) is 5.56 Å². The van der Waals surface area contributed by atoms with E-state index in [2.05, 4.69) is 67.7 Å². The zero-order chi connectivity index (χ0) is 34.6. The lowest BCUT2D eigenvalue weighted by atomic mass is 9.96. The summed E-state index contributed by atoms with van der Waals surface area (Å²) in [5.41, 5.74) is 2.07. The fourth-order valence-corrected chi connectivity index (χ4v) is 7.82. The predicted octanol–water partition coefficient (Wildman–Crippen LogP) is 7.85. The Balaban J connectivity index is 2.10. The van der Waals surface area contributed by atoms with Gasteiger partial charge in [0.2, 0.25) is 8.32 Å². The van der Waals surface area contributed by atoms with Crippen LogP contribution in [0, 0.1) is 13.8 Å². The third-order valence-corrected chi connectivity index (χ3v) is 20.3. The molecule has 0 bridgehead atoms. The van der Waals surface area contributed by atoms with Crippen LogP contribution < -0.4 is 4.43 Å². The van der Waals surface area contributed by atoms with Crippen LogP contribution in [0.5, 0.6) is 5.75 Å². The Labute approximate surface area is 274 Å². The number of hydrogen-bond donors (Lipinski definition) is 1. The summed E-state index contributed by atoms with van der Waals surface area (Å²) < 4.78 is 83.8. The van der Waals surface area contributed by atoms with E-state index >= 15 is 0 Å². The first-order chi connectivity index (χ1) is 20.3. The smallest absolute Gasteiger partial charge is 0.297 e. The molecule has 0 aliphatic rings. The number of benzene rings is 2. The van der Waals surface area contributed by atoms with Crippen LogP contribution in [-0.2, 0) is 33.6 Å². The number of rotatable bonds is 15. The summed E-state index contributed by atoms with van der Waals surface area (Å²) in [5, 5.41) is -0.0694. The summed E-state index contributed by atoms with van der Waals surface area (Å²) >= 11 is 0. The molecule has 0 aliphatic carbocycles. The van der Waals surface area contributed by atoms with E-state index in [0.29, 0.717) is 29.9 Å². The molecule has 13 heteroatoms. The predicted molar refractivity (Wildman–Crippen MR) is 184 cm³/mol. The Bertz CT molecular complexity index is 1520. The van der Waals surface area contributed by atoms with Gasteiger partial charge in [-0.25, -0.2) is 0 Å². The normalized spacial score (nSPS) is 14.4. The average molecular weight is 703 g/mol. The van der Waals surface area contributed by atoms with Crippen molar-refractivity contribution in [1.29, 1.82) is 0 Å². The standard InChI is InChI=1S/C32H54O9S2Si2/c1-24-17-18-27(42(33,34)35)21-28(24)26(23-40-44(9,10)31(3,4)5)22-38-19-14-20-39-43(36,37)30-16-13-15-29(25(30)2)41-45(11,12)32(6,7)8/h13,15-18,21,26H,14,19-20,22-23H2,1-12H3,(H,33,34,35). The zero-order valence-electron chi connectivity index (χ0n) is 29.1. The maximum absolute atomic E-state index is 13.1. The van der Waals surface area contributed by atoms with Crippen molar-refractivity contribution in [2.45, 2.75) is 114 Å². The van der Waals surface area contributed by atoms with Gasteiger partial charge in [0.25, 0.3) is 20.2 Å². The Kier molecular flexibility index (Phi) is 12.9. The quantitative estimate of drug-likeness (QED) is 0.0855. The molecule has 0 aliphatic heterocycles. The molecule has 0 spiro atoms. The summed E-state index contributed by atoms with van der Waals surface area (Å²) in [4.78, 5) is -0.107. The second-order valence-electron chi connectivity index (χ2n) is 14.7. The molecule has 0 heterocycles. The average Bonchev–Trinajstić information content (AvgIpc) is 2.87. The van der Waals surface area contributed by atoms with Gasteiger partial charge in [-0.05, 0) is 91.9 Å². The highest BCUT2D eigenvalue weighted by Crippen LogP contribution is 2.40. The molecular formula is C32H54O9S2Si2. The maximum Gasteiger partial charge on any atom is 0.297 e. The Hall–Kier alpha value is -1.59. The fourth-order valence-electron chi connectivity index (χ4n) is 3.99. The van der Waals surface area contributed by atoms with Crippen molar-refractivity contribution in [3.05, 3.63) is 53.1 Å². The summed E-state index contributed by atoms with van der Waals surface area (Å²) in [6.07, 6.45) is 0.318. The van der Waals surface area contributed by atoms with Crippen molar-refractivity contribution < 1.29 is 39.2 Å². The first-order valence-corrected chi connectivity index (χ1v) is 23.9. The van der Waals surface area contributed by atoms with Crippen LogP contribution in [0.15, 0.2) is 46.2 Å². The molecule has 1 unspecified atom stereocenters. The minimum Gasteiger partial charge on any atom is -0.543 e. The highest BCUT2D eigenvalue weighted by molar-refractivity contribution is 7.86. The Morgan fingerprint density at radius 3 is 1.98 bits per heavy atom. The molecule has 256 valence electrons. The lowest BCUT2D eigenvalue weighted by Crippen LogP contribution is -2.44. The minimum atomic E-state index is -4.39. The highest BCUT2D eigenvalue weighted by Gasteiger charge is 2.40. The van der Waals surface area contributed by atoms with Crippen molar-refractivity contribution >= 4 is 36.9 Å². The number of ether oxygens (including phenoxy) is 1. The van der Waals surface area contributed by atoms with E-state index in [1.54, 1.807) is 25.1 Å². The summed E-state index contributed by atoms with van der Waals surface area (Å²) in [7, 11) is -12.7. The summed E-state index contributed by atoms with van der Waals surface area (Å²) in [6, 6.07) is 9.48. The van der Waals surface area contributed by atoms with E-state index in [1.165, 1.54) is 18.2 Å². The van der Waals surface area contributed by atoms with Gasteiger partial charge in [-0.15, -0.1) is 0 Å². The molecule has 1 atom stereocenters. The molecule has 0 fully saturated rings. The second kappa shape index (κ2) is 14.7. The van der Waals surface area contributed by atoms with Crippen molar-refractivity contribution in [1.82, 2.24) is 0 Å². The fraction of sp³-hybridized carbons (Fsp3) is 0.625. The molecule has 0 aromatic heterocycles. The minimum absolute atomic E-state index is 0.0265. The number of aryl methyl sites for hydroxylation is 1. The monoisotopic (exact) mass is 702 g/mol. The molecule has 2 aromatic carbocycles. The molecular weight excluding hydrogens is 649 g/mol. The van der Waals surface area contributed by atoms with Gasteiger partial charge >= 0.3 is 0 Å². The SMILES string of the molecule is Cc1ccc(S(=O)(=O)O)cc1C(COCCCOS(=O)(=O)c1cccc(O[Si](C)(C)C(C)(C)C)c1C)CO[Si](C)(C)C(C)(C)C. The molecule has 45 heavy (non-hydrogen) atoms. The van der Waals surface area contributed by atoms with Crippen LogP contribution in [-0.4, -0.2) is 64.5 Å². The summed E-state index contributed by atoms with van der Waals surface area (Å²) in [5.74, 6) is 0.241. The molecule has 1 N–H and O–H groups in total. The van der Waals surface area contributed by atoms with Gasteiger partial charge in [-0.3, -0.25) is 8.74 Å². The Morgan fingerprint density at radius 1 is 0.822 bits per heavy atom. The van der Waals surface area contributed by atoms with Crippen LogP contribution in [0.2, 0.25) is 36.3 Å². The Morgan fingerprint density at radius 2 is 1.42 bits per heavy atom. The number of hydrogen-bond acceptors (Lipinski definition) is 8. The van der Waals surface area contributed by atoms with Gasteiger partial charge < -0.3 is 13.6 Å². The third-order valence-electron chi connectivity index (χ3n) is 9.11. The van der Waals surface area contributed by atoms with Gasteiger partial charge in [0.1, 0.15) is 10.6 Å². The van der Waals surface area contributed by atoms with Gasteiger partial charge in [0.05, 0.1) is 18.1 Å². The summed E-state index contributed by atoms with van der Waals surface area (Å²) in [6.45, 7) is 25.6. The molecule has 0 radical (unpaired) electrons. The van der Waals surface area contributed by atoms with E-state index in [1.807, 2.05) is 6.92 Å². The van der Waals surface area contributed by atoms with Gasteiger partial charge in [-0.1, -0.05) is 53.7 Å². The van der Waals surface area contributed by atoms with Crippen LogP contribution in [0.4, 0.5) is 0 Å². The zero-order valence-corrected chi connectivity index (χ0v) is 32.7. The first-order valence-electron chi connectivity index (χ1n) is 15.3. The molecule has 0 saturated heterocycles. The van der Waals surface area contributed by atoms with Crippen LogP contribution in [0.25, 0.3) is 0 Å².